The zero-order valence-corrected chi connectivity index (χ0v) is 18.0. The third-order valence-corrected chi connectivity index (χ3v) is 4.85. The number of aliphatic hydroxyl groups excluding tert-OH is 1. The number of aliphatic hydroxyl groups is 1. The van der Waals surface area contributed by atoms with Crippen LogP contribution in [0.1, 0.15) is 56.1 Å². The molecule has 1 atom stereocenters. The average molecular weight is 422 g/mol. The number of pyridine rings is 1. The summed E-state index contributed by atoms with van der Waals surface area (Å²) in [4.78, 5) is 43.5. The maximum Gasteiger partial charge on any atom is 0.338 e. The Hall–Kier alpha value is -3.48. The van der Waals surface area contributed by atoms with E-state index >= 15 is 0 Å². The lowest BCUT2D eigenvalue weighted by Crippen LogP contribution is -2.31. The molecule has 0 fully saturated rings. The van der Waals surface area contributed by atoms with Gasteiger partial charge in [-0.25, -0.2) is 4.79 Å². The lowest BCUT2D eigenvalue weighted by molar-refractivity contribution is -0.118. The van der Waals surface area contributed by atoms with Gasteiger partial charge in [-0.15, -0.1) is 0 Å². The summed E-state index contributed by atoms with van der Waals surface area (Å²) in [6, 6.07) is 8.96. The van der Waals surface area contributed by atoms with Crippen molar-refractivity contribution in [3.05, 3.63) is 71.3 Å². The van der Waals surface area contributed by atoms with E-state index in [2.05, 4.69) is 4.98 Å². The summed E-state index contributed by atoms with van der Waals surface area (Å²) in [5.74, 6) is -1.88. The number of amides is 1. The summed E-state index contributed by atoms with van der Waals surface area (Å²) >= 11 is 0. The second kappa shape index (κ2) is 9.12. The fourth-order valence-electron chi connectivity index (χ4n) is 3.54. The van der Waals surface area contributed by atoms with Crippen molar-refractivity contribution in [3.63, 3.8) is 0 Å². The first-order chi connectivity index (χ1) is 14.7. The van der Waals surface area contributed by atoms with Crippen LogP contribution in [0.15, 0.2) is 60.1 Å². The van der Waals surface area contributed by atoms with Crippen LogP contribution < -0.4 is 4.90 Å². The number of ether oxygens (including phenoxy) is 1. The second-order valence-electron chi connectivity index (χ2n) is 8.14. The van der Waals surface area contributed by atoms with E-state index in [-0.39, 0.29) is 29.8 Å². The Morgan fingerprint density at radius 2 is 1.68 bits per heavy atom. The third kappa shape index (κ3) is 4.66. The number of aromatic nitrogens is 1. The van der Waals surface area contributed by atoms with Gasteiger partial charge in [0, 0.05) is 24.5 Å². The zero-order chi connectivity index (χ0) is 22.7. The van der Waals surface area contributed by atoms with Gasteiger partial charge < -0.3 is 9.84 Å². The van der Waals surface area contributed by atoms with Gasteiger partial charge >= 0.3 is 5.97 Å². The number of esters is 1. The van der Waals surface area contributed by atoms with Crippen LogP contribution in [-0.2, 0) is 14.3 Å². The van der Waals surface area contributed by atoms with Gasteiger partial charge in [0.05, 0.1) is 23.3 Å². The Balaban J connectivity index is 2.02. The molecule has 0 bridgehead atoms. The highest BCUT2D eigenvalue weighted by Crippen LogP contribution is 2.41. The first kappa shape index (κ1) is 22.2. The van der Waals surface area contributed by atoms with Crippen molar-refractivity contribution in [2.24, 2.45) is 5.92 Å². The molecule has 31 heavy (non-hydrogen) atoms. The Labute approximate surface area is 181 Å². The summed E-state index contributed by atoms with van der Waals surface area (Å²) < 4.78 is 5.20. The molecule has 0 aliphatic carbocycles. The van der Waals surface area contributed by atoms with E-state index in [1.807, 2.05) is 13.8 Å². The minimum absolute atomic E-state index is 0.0706. The Morgan fingerprint density at radius 3 is 2.23 bits per heavy atom. The second-order valence-corrected chi connectivity index (χ2v) is 8.14. The number of Topliss-reactive ketones (excluding diaryl/α,β-unsaturated/α-hetero) is 1. The number of anilines is 1. The maximum atomic E-state index is 13.0. The Morgan fingerprint density at radius 1 is 1.06 bits per heavy atom. The van der Waals surface area contributed by atoms with Gasteiger partial charge in [-0.05, 0) is 61.7 Å². The van der Waals surface area contributed by atoms with Gasteiger partial charge in [0.25, 0.3) is 5.91 Å². The van der Waals surface area contributed by atoms with Crippen LogP contribution >= 0.6 is 0 Å². The molecule has 1 amide bonds. The van der Waals surface area contributed by atoms with Crippen LogP contribution in [0.2, 0.25) is 0 Å². The predicted octanol–water partition coefficient (Wildman–Crippen LogP) is 4.16. The molecule has 162 valence electrons. The lowest BCUT2D eigenvalue weighted by atomic mass is 9.92. The van der Waals surface area contributed by atoms with Crippen molar-refractivity contribution in [3.8, 4) is 0 Å². The highest BCUT2D eigenvalue weighted by molar-refractivity contribution is 6.16. The van der Waals surface area contributed by atoms with Crippen LogP contribution in [0.4, 0.5) is 5.69 Å². The van der Waals surface area contributed by atoms with E-state index in [1.54, 1.807) is 62.6 Å². The van der Waals surface area contributed by atoms with Crippen molar-refractivity contribution in [1.29, 1.82) is 0 Å². The SMILES string of the molecule is CC(C)CC(=O)C1=C(O)C(=O)N(c2ccc(C(=O)OC(C)C)cc2)C1c1ccncc1. The summed E-state index contributed by atoms with van der Waals surface area (Å²) in [5, 5.41) is 10.6. The standard InChI is InChI=1S/C24H26N2O5/c1-14(2)13-19(27)20-21(16-9-11-25-12-10-16)26(23(29)22(20)28)18-7-5-17(6-8-18)24(30)31-15(3)4/h5-12,14-15,21,28H,13H2,1-4H3. The molecule has 1 aromatic carbocycles. The molecule has 1 N–H and O–H groups in total. The van der Waals surface area contributed by atoms with Crippen LogP contribution in [0.3, 0.4) is 0 Å². The molecule has 1 unspecified atom stereocenters. The van der Waals surface area contributed by atoms with E-state index in [0.717, 1.165) is 0 Å². The van der Waals surface area contributed by atoms with Gasteiger partial charge in [0.2, 0.25) is 0 Å². The smallest absolute Gasteiger partial charge is 0.338 e. The molecule has 3 rings (SSSR count). The number of nitrogens with zero attached hydrogens (tertiary/aromatic N) is 2. The van der Waals surface area contributed by atoms with Crippen molar-refractivity contribution in [2.45, 2.75) is 46.3 Å². The molecular formula is C24H26N2O5. The first-order valence-corrected chi connectivity index (χ1v) is 10.2. The molecule has 0 saturated heterocycles. The number of carbonyl (C=O) groups excluding carboxylic acids is 3. The molecule has 0 radical (unpaired) electrons. The predicted molar refractivity (Wildman–Crippen MR) is 116 cm³/mol. The highest BCUT2D eigenvalue weighted by atomic mass is 16.5. The third-order valence-electron chi connectivity index (χ3n) is 4.85. The number of rotatable bonds is 7. The molecule has 1 aliphatic rings. The van der Waals surface area contributed by atoms with E-state index in [4.69, 9.17) is 4.74 Å². The largest absolute Gasteiger partial charge is 0.503 e. The number of carbonyl (C=O) groups is 3. The number of hydrogen-bond donors (Lipinski definition) is 1. The topological polar surface area (TPSA) is 96.8 Å². The molecule has 1 aromatic heterocycles. The van der Waals surface area contributed by atoms with E-state index < -0.39 is 23.7 Å². The Bertz CT molecular complexity index is 1010. The van der Waals surface area contributed by atoms with Crippen molar-refractivity contribution in [1.82, 2.24) is 4.98 Å². The molecule has 2 heterocycles. The lowest BCUT2D eigenvalue weighted by Gasteiger charge is -2.27. The normalized spacial score (nSPS) is 16.4. The van der Waals surface area contributed by atoms with E-state index in [1.165, 1.54) is 4.90 Å². The van der Waals surface area contributed by atoms with Crippen molar-refractivity contribution >= 4 is 23.3 Å². The van der Waals surface area contributed by atoms with Gasteiger partial charge in [-0.2, -0.15) is 0 Å². The molecule has 7 heteroatoms. The van der Waals surface area contributed by atoms with E-state index in [9.17, 15) is 19.5 Å². The van der Waals surface area contributed by atoms with Crippen LogP contribution in [-0.4, -0.2) is 33.9 Å². The molecule has 1 aliphatic heterocycles. The molecule has 0 saturated carbocycles. The van der Waals surface area contributed by atoms with Crippen molar-refractivity contribution in [2.75, 3.05) is 4.90 Å². The average Bonchev–Trinajstić information content (AvgIpc) is 2.99. The summed E-state index contributed by atoms with van der Waals surface area (Å²) in [6.45, 7) is 7.33. The number of hydrogen-bond acceptors (Lipinski definition) is 6. The van der Waals surface area contributed by atoms with Gasteiger partial charge in [0.1, 0.15) is 0 Å². The van der Waals surface area contributed by atoms with Crippen LogP contribution in [0.25, 0.3) is 0 Å². The molecule has 2 aromatic rings. The maximum absolute atomic E-state index is 13.0. The first-order valence-electron chi connectivity index (χ1n) is 10.2. The van der Waals surface area contributed by atoms with Crippen LogP contribution in [0.5, 0.6) is 0 Å². The number of ketones is 1. The minimum atomic E-state index is -0.782. The minimum Gasteiger partial charge on any atom is -0.503 e. The van der Waals surface area contributed by atoms with E-state index in [0.29, 0.717) is 16.8 Å². The molecular weight excluding hydrogens is 396 g/mol. The zero-order valence-electron chi connectivity index (χ0n) is 18.0. The van der Waals surface area contributed by atoms with Gasteiger partial charge in [-0.3, -0.25) is 19.5 Å². The quantitative estimate of drug-likeness (QED) is 0.673. The van der Waals surface area contributed by atoms with Crippen LogP contribution in [0, 0.1) is 5.92 Å². The van der Waals surface area contributed by atoms with Crippen molar-refractivity contribution < 1.29 is 24.2 Å². The summed E-state index contributed by atoms with van der Waals surface area (Å²) in [5.41, 5.74) is 1.53. The summed E-state index contributed by atoms with van der Waals surface area (Å²) in [6.07, 6.45) is 3.10. The highest BCUT2D eigenvalue weighted by Gasteiger charge is 2.44. The summed E-state index contributed by atoms with van der Waals surface area (Å²) in [7, 11) is 0. The molecule has 0 spiro atoms. The monoisotopic (exact) mass is 422 g/mol. The fourth-order valence-corrected chi connectivity index (χ4v) is 3.54. The molecule has 7 nitrogen and oxygen atoms in total. The van der Waals surface area contributed by atoms with Gasteiger partial charge in [-0.1, -0.05) is 13.8 Å². The fraction of sp³-hybridized carbons (Fsp3) is 0.333. The number of benzene rings is 1. The Kier molecular flexibility index (Phi) is 6.53. The van der Waals surface area contributed by atoms with Gasteiger partial charge in [0.15, 0.2) is 11.5 Å².